The Hall–Kier alpha value is -3.18. The molecule has 1 atom stereocenters. The van der Waals surface area contributed by atoms with Crippen LogP contribution in [0.4, 0.5) is 4.79 Å². The third kappa shape index (κ3) is 4.85. The number of hydrogen-bond donors (Lipinski definition) is 1. The van der Waals surface area contributed by atoms with Gasteiger partial charge in [0.15, 0.2) is 23.0 Å². The third-order valence-corrected chi connectivity index (χ3v) is 7.82. The van der Waals surface area contributed by atoms with Crippen molar-refractivity contribution in [3.8, 4) is 23.0 Å². The number of nitrogens with zero attached hydrogens (tertiary/aromatic N) is 2. The molecule has 2 aliphatic rings. The second-order valence-electron chi connectivity index (χ2n) is 7.98. The van der Waals surface area contributed by atoms with Crippen molar-refractivity contribution in [3.63, 3.8) is 0 Å². The SMILES string of the molecule is COc1ccc(S(=O)(=O)N2CCN(C(=O)N[C@@H](C)c3ccc4c(c3)OCCO4)CC2)cc1OC. The highest BCUT2D eigenvalue weighted by molar-refractivity contribution is 7.89. The average molecular weight is 492 g/mol. The second-order valence-corrected chi connectivity index (χ2v) is 9.92. The molecule has 184 valence electrons. The molecular formula is C23H29N3O7S. The molecule has 10 nitrogen and oxygen atoms in total. The van der Waals surface area contributed by atoms with Gasteiger partial charge in [-0.3, -0.25) is 0 Å². The monoisotopic (exact) mass is 491 g/mol. The third-order valence-electron chi connectivity index (χ3n) is 5.92. The molecule has 34 heavy (non-hydrogen) atoms. The highest BCUT2D eigenvalue weighted by Crippen LogP contribution is 2.33. The van der Waals surface area contributed by atoms with E-state index in [0.717, 1.165) is 5.56 Å². The second kappa shape index (κ2) is 9.98. The number of rotatable bonds is 6. The average Bonchev–Trinajstić information content (AvgIpc) is 2.87. The van der Waals surface area contributed by atoms with Gasteiger partial charge in [-0.2, -0.15) is 4.31 Å². The summed E-state index contributed by atoms with van der Waals surface area (Å²) in [5, 5.41) is 2.98. The molecule has 0 aromatic heterocycles. The van der Waals surface area contributed by atoms with Crippen molar-refractivity contribution < 1.29 is 32.2 Å². The lowest BCUT2D eigenvalue weighted by molar-refractivity contribution is 0.168. The Morgan fingerprint density at radius 3 is 2.29 bits per heavy atom. The van der Waals surface area contributed by atoms with Gasteiger partial charge in [0.05, 0.1) is 25.2 Å². The fraction of sp³-hybridized carbons (Fsp3) is 0.435. The predicted molar refractivity (Wildman–Crippen MR) is 124 cm³/mol. The minimum Gasteiger partial charge on any atom is -0.493 e. The molecule has 0 bridgehead atoms. The van der Waals surface area contributed by atoms with E-state index in [0.29, 0.717) is 36.2 Å². The molecule has 4 rings (SSSR count). The number of carbonyl (C=O) groups excluding carboxylic acids is 1. The maximum atomic E-state index is 13.1. The number of methoxy groups -OCH3 is 2. The van der Waals surface area contributed by atoms with Crippen LogP contribution in [0.2, 0.25) is 0 Å². The summed E-state index contributed by atoms with van der Waals surface area (Å²) in [5.41, 5.74) is 0.896. The van der Waals surface area contributed by atoms with Crippen molar-refractivity contribution in [2.45, 2.75) is 17.9 Å². The Balaban J connectivity index is 1.36. The van der Waals surface area contributed by atoms with Crippen molar-refractivity contribution >= 4 is 16.1 Å². The van der Waals surface area contributed by atoms with Crippen LogP contribution in [0.3, 0.4) is 0 Å². The molecule has 0 unspecified atom stereocenters. The molecule has 2 aromatic carbocycles. The summed E-state index contributed by atoms with van der Waals surface area (Å²) in [7, 11) is -0.783. The molecule has 11 heteroatoms. The molecule has 0 aliphatic carbocycles. The van der Waals surface area contributed by atoms with Gasteiger partial charge in [-0.25, -0.2) is 13.2 Å². The fourth-order valence-corrected chi connectivity index (χ4v) is 5.38. The van der Waals surface area contributed by atoms with Crippen molar-refractivity contribution in [1.29, 1.82) is 0 Å². The van der Waals surface area contributed by atoms with E-state index in [2.05, 4.69) is 5.32 Å². The Kier molecular flexibility index (Phi) is 7.03. The van der Waals surface area contributed by atoms with Gasteiger partial charge in [-0.05, 0) is 36.8 Å². The zero-order valence-electron chi connectivity index (χ0n) is 19.4. The largest absolute Gasteiger partial charge is 0.493 e. The minimum absolute atomic E-state index is 0.121. The van der Waals surface area contributed by atoms with Crippen LogP contribution in [0, 0.1) is 0 Å². The summed E-state index contributed by atoms with van der Waals surface area (Å²) in [6.07, 6.45) is 0. The van der Waals surface area contributed by atoms with Crippen LogP contribution < -0.4 is 24.3 Å². The molecule has 1 N–H and O–H groups in total. The topological polar surface area (TPSA) is 107 Å². The van der Waals surface area contributed by atoms with Crippen molar-refractivity contribution in [3.05, 3.63) is 42.0 Å². The van der Waals surface area contributed by atoms with Gasteiger partial charge in [0.25, 0.3) is 0 Å². The first-order chi connectivity index (χ1) is 16.3. The summed E-state index contributed by atoms with van der Waals surface area (Å²) in [5.74, 6) is 2.16. The molecule has 0 saturated carbocycles. The van der Waals surface area contributed by atoms with Crippen LogP contribution in [0.1, 0.15) is 18.5 Å². The van der Waals surface area contributed by atoms with E-state index < -0.39 is 10.0 Å². The molecular weight excluding hydrogens is 462 g/mol. The van der Waals surface area contributed by atoms with E-state index in [1.54, 1.807) is 11.0 Å². The number of ether oxygens (including phenoxy) is 4. The van der Waals surface area contributed by atoms with E-state index >= 15 is 0 Å². The molecule has 2 amide bonds. The van der Waals surface area contributed by atoms with E-state index in [1.165, 1.54) is 30.7 Å². The number of urea groups is 1. The van der Waals surface area contributed by atoms with Gasteiger partial charge in [-0.15, -0.1) is 0 Å². The van der Waals surface area contributed by atoms with Gasteiger partial charge in [0, 0.05) is 32.2 Å². The maximum Gasteiger partial charge on any atom is 0.317 e. The first-order valence-corrected chi connectivity index (χ1v) is 12.4. The molecule has 0 spiro atoms. The zero-order chi connectivity index (χ0) is 24.3. The maximum absolute atomic E-state index is 13.1. The molecule has 1 saturated heterocycles. The van der Waals surface area contributed by atoms with E-state index in [4.69, 9.17) is 18.9 Å². The lowest BCUT2D eigenvalue weighted by Crippen LogP contribution is -2.53. The summed E-state index contributed by atoms with van der Waals surface area (Å²) in [6, 6.07) is 9.60. The molecule has 2 aliphatic heterocycles. The number of sulfonamides is 1. The lowest BCUT2D eigenvalue weighted by Gasteiger charge is -2.34. The van der Waals surface area contributed by atoms with Gasteiger partial charge >= 0.3 is 6.03 Å². The number of carbonyl (C=O) groups is 1. The summed E-state index contributed by atoms with van der Waals surface area (Å²) in [4.78, 5) is 14.6. The number of benzene rings is 2. The quantitative estimate of drug-likeness (QED) is 0.661. The van der Waals surface area contributed by atoms with Crippen LogP contribution in [0.5, 0.6) is 23.0 Å². The molecule has 1 fully saturated rings. The highest BCUT2D eigenvalue weighted by atomic mass is 32.2. The minimum atomic E-state index is -3.73. The Bertz CT molecular complexity index is 1150. The van der Waals surface area contributed by atoms with Gasteiger partial charge in [0.2, 0.25) is 10.0 Å². The molecule has 2 heterocycles. The van der Waals surface area contributed by atoms with Crippen LogP contribution in [0.15, 0.2) is 41.3 Å². The van der Waals surface area contributed by atoms with Crippen molar-refractivity contribution in [2.75, 3.05) is 53.6 Å². The summed E-state index contributed by atoms with van der Waals surface area (Å²) in [6.45, 7) is 3.87. The number of nitrogens with one attached hydrogen (secondary N) is 1. The van der Waals surface area contributed by atoms with E-state index in [1.807, 2.05) is 25.1 Å². The number of piperazine rings is 1. The zero-order valence-corrected chi connectivity index (χ0v) is 20.3. The molecule has 2 aromatic rings. The van der Waals surface area contributed by atoms with Crippen LogP contribution in [0.25, 0.3) is 0 Å². The normalized spacial score (nSPS) is 17.1. The smallest absolute Gasteiger partial charge is 0.317 e. The van der Waals surface area contributed by atoms with Crippen LogP contribution in [-0.4, -0.2) is 77.3 Å². The number of hydrogen-bond acceptors (Lipinski definition) is 7. The van der Waals surface area contributed by atoms with Crippen molar-refractivity contribution in [2.24, 2.45) is 0 Å². The van der Waals surface area contributed by atoms with E-state index in [9.17, 15) is 13.2 Å². The Labute approximate surface area is 199 Å². The summed E-state index contributed by atoms with van der Waals surface area (Å²) < 4.78 is 49.1. The van der Waals surface area contributed by atoms with Crippen LogP contribution in [-0.2, 0) is 10.0 Å². The fourth-order valence-electron chi connectivity index (χ4n) is 3.95. The highest BCUT2D eigenvalue weighted by Gasteiger charge is 2.31. The number of amides is 2. The standard InChI is InChI=1S/C23H29N3O7S/c1-16(17-4-6-20-22(14-17)33-13-12-32-20)24-23(27)25-8-10-26(11-9-25)34(28,29)18-5-7-19(30-2)21(15-18)31-3/h4-7,14-16H,8-13H2,1-3H3,(H,24,27)/t16-/m0/s1. The van der Waals surface area contributed by atoms with Gasteiger partial charge < -0.3 is 29.2 Å². The Morgan fingerprint density at radius 2 is 1.62 bits per heavy atom. The van der Waals surface area contributed by atoms with Gasteiger partial charge in [-0.1, -0.05) is 6.07 Å². The van der Waals surface area contributed by atoms with Crippen molar-refractivity contribution in [1.82, 2.24) is 14.5 Å². The first kappa shape index (κ1) is 24.0. The first-order valence-electron chi connectivity index (χ1n) is 11.0. The van der Waals surface area contributed by atoms with E-state index in [-0.39, 0.29) is 43.1 Å². The predicted octanol–water partition coefficient (Wildman–Crippen LogP) is 2.25. The Morgan fingerprint density at radius 1 is 0.941 bits per heavy atom. The molecule has 0 radical (unpaired) electrons. The number of fused-ring (bicyclic) bond motifs is 1. The van der Waals surface area contributed by atoms with Gasteiger partial charge in [0.1, 0.15) is 13.2 Å². The lowest BCUT2D eigenvalue weighted by atomic mass is 10.1. The van der Waals surface area contributed by atoms with Crippen LogP contribution >= 0.6 is 0 Å². The summed E-state index contributed by atoms with van der Waals surface area (Å²) >= 11 is 0.